The second kappa shape index (κ2) is 3.84. The van der Waals surface area contributed by atoms with Crippen LogP contribution in [-0.2, 0) is 8.85 Å². The van der Waals surface area contributed by atoms with E-state index in [0.717, 1.165) is 5.32 Å². The zero-order valence-corrected chi connectivity index (χ0v) is 10.4. The summed E-state index contributed by atoms with van der Waals surface area (Å²) < 4.78 is 11.3. The van der Waals surface area contributed by atoms with E-state index in [2.05, 4.69) is 31.0 Å². The third-order valence-electron chi connectivity index (χ3n) is 2.42. The first-order valence-electron chi connectivity index (χ1n) is 4.58. The van der Waals surface area contributed by atoms with Gasteiger partial charge in [-0.25, -0.2) is 0 Å². The molecule has 0 radical (unpaired) electrons. The molecule has 0 bridgehead atoms. The first-order chi connectivity index (χ1) is 6.48. The van der Waals surface area contributed by atoms with E-state index in [4.69, 9.17) is 8.85 Å². The topological polar surface area (TPSA) is 47.1 Å². The van der Waals surface area contributed by atoms with Crippen molar-refractivity contribution < 1.29 is 8.85 Å². The molecule has 0 aliphatic rings. The van der Waals surface area contributed by atoms with Crippen molar-refractivity contribution >= 4 is 13.9 Å². The summed E-state index contributed by atoms with van der Waals surface area (Å²) in [6, 6.07) is 1.92. The summed E-state index contributed by atoms with van der Waals surface area (Å²) in [6.07, 6.45) is 1.72. The lowest BCUT2D eigenvalue weighted by molar-refractivity contribution is 0.229. The van der Waals surface area contributed by atoms with E-state index >= 15 is 0 Å². The molecule has 0 spiro atoms. The van der Waals surface area contributed by atoms with Crippen molar-refractivity contribution in [2.45, 2.75) is 25.8 Å². The molecule has 1 aromatic heterocycles. The van der Waals surface area contributed by atoms with Crippen LogP contribution in [0.5, 0.6) is 0 Å². The predicted octanol–water partition coefficient (Wildman–Crippen LogP) is 1.15. The zero-order chi connectivity index (χ0) is 10.8. The number of nitrogens with zero attached hydrogens (tertiary/aromatic N) is 1. The van der Waals surface area contributed by atoms with Gasteiger partial charge in [-0.15, -0.1) is 0 Å². The molecule has 0 fully saturated rings. The van der Waals surface area contributed by atoms with Crippen molar-refractivity contribution in [1.82, 2.24) is 10.2 Å². The molecular formula is C9H18N2O2Si. The van der Waals surface area contributed by atoms with Crippen LogP contribution in [0.2, 0.25) is 5.04 Å². The first-order valence-corrected chi connectivity index (χ1v) is 6.40. The highest BCUT2D eigenvalue weighted by atomic mass is 28.4. The fourth-order valence-corrected chi connectivity index (χ4v) is 4.90. The van der Waals surface area contributed by atoms with Crippen LogP contribution in [0.3, 0.4) is 0 Å². The van der Waals surface area contributed by atoms with Crippen molar-refractivity contribution in [3.8, 4) is 0 Å². The third-order valence-corrected chi connectivity index (χ3v) is 6.53. The summed E-state index contributed by atoms with van der Waals surface area (Å²) in [5.41, 5.74) is 0. The molecule has 1 heterocycles. The van der Waals surface area contributed by atoms with Crippen molar-refractivity contribution in [2.24, 2.45) is 0 Å². The molecule has 0 saturated heterocycles. The van der Waals surface area contributed by atoms with Crippen molar-refractivity contribution in [2.75, 3.05) is 14.2 Å². The Morgan fingerprint density at radius 1 is 1.29 bits per heavy atom. The summed E-state index contributed by atoms with van der Waals surface area (Å²) in [5.74, 6) is 0. The average Bonchev–Trinajstić information content (AvgIpc) is 2.58. The van der Waals surface area contributed by atoms with E-state index in [0.29, 0.717) is 0 Å². The van der Waals surface area contributed by atoms with E-state index < -0.39 is 8.56 Å². The highest BCUT2D eigenvalue weighted by Crippen LogP contribution is 2.35. The highest BCUT2D eigenvalue weighted by molar-refractivity contribution is 6.82. The van der Waals surface area contributed by atoms with E-state index in [1.165, 1.54) is 0 Å². The summed E-state index contributed by atoms with van der Waals surface area (Å²) in [6.45, 7) is 6.35. The van der Waals surface area contributed by atoms with Gasteiger partial charge < -0.3 is 8.85 Å². The van der Waals surface area contributed by atoms with Crippen LogP contribution in [-0.4, -0.2) is 33.0 Å². The predicted molar refractivity (Wildman–Crippen MR) is 57.7 cm³/mol. The molecule has 5 heteroatoms. The van der Waals surface area contributed by atoms with Crippen molar-refractivity contribution in [3.63, 3.8) is 0 Å². The van der Waals surface area contributed by atoms with E-state index in [9.17, 15) is 0 Å². The minimum Gasteiger partial charge on any atom is -0.393 e. The normalized spacial score (nSPS) is 13.2. The Kier molecular flexibility index (Phi) is 3.13. The standard InChI is InChI=1S/C9H18N2O2Si/c1-9(2,3)14(12-4,13-5)8-6-7-10-11-8/h6-7H,1-5H3,(H,10,11). The van der Waals surface area contributed by atoms with Crippen LogP contribution in [0, 0.1) is 0 Å². The van der Waals surface area contributed by atoms with Crippen LogP contribution in [0.1, 0.15) is 20.8 Å². The lowest BCUT2D eigenvalue weighted by Crippen LogP contribution is -2.59. The number of H-pyrrole nitrogens is 1. The van der Waals surface area contributed by atoms with E-state index in [1.54, 1.807) is 20.4 Å². The van der Waals surface area contributed by atoms with Gasteiger partial charge in [-0.1, -0.05) is 20.8 Å². The first kappa shape index (κ1) is 11.4. The Balaban J connectivity index is 3.17. The summed E-state index contributed by atoms with van der Waals surface area (Å²) in [4.78, 5) is 0. The van der Waals surface area contributed by atoms with E-state index in [1.807, 2.05) is 6.07 Å². The monoisotopic (exact) mass is 214 g/mol. The van der Waals surface area contributed by atoms with Gasteiger partial charge >= 0.3 is 8.56 Å². The lowest BCUT2D eigenvalue weighted by Gasteiger charge is -2.37. The largest absolute Gasteiger partial charge is 0.396 e. The number of nitrogens with one attached hydrogen (secondary N) is 1. The van der Waals surface area contributed by atoms with Crippen LogP contribution < -0.4 is 5.32 Å². The Labute approximate surface area is 85.9 Å². The van der Waals surface area contributed by atoms with Gasteiger partial charge in [0.1, 0.15) is 0 Å². The molecule has 0 amide bonds. The minimum atomic E-state index is -2.39. The average molecular weight is 214 g/mol. The van der Waals surface area contributed by atoms with Crippen molar-refractivity contribution in [3.05, 3.63) is 12.3 Å². The Morgan fingerprint density at radius 3 is 2.14 bits per heavy atom. The molecule has 0 atom stereocenters. The molecule has 0 aliphatic heterocycles. The second-order valence-electron chi connectivity index (χ2n) is 4.25. The Bertz CT molecular complexity index is 276. The molecule has 1 N–H and O–H groups in total. The van der Waals surface area contributed by atoms with Gasteiger partial charge in [-0.2, -0.15) is 5.10 Å². The van der Waals surface area contributed by atoms with Gasteiger partial charge in [0.2, 0.25) is 0 Å². The quantitative estimate of drug-likeness (QED) is 0.768. The maximum absolute atomic E-state index is 5.64. The summed E-state index contributed by atoms with van der Waals surface area (Å²) in [7, 11) is 1.01. The molecule has 1 aromatic rings. The molecular weight excluding hydrogens is 196 g/mol. The van der Waals surface area contributed by atoms with Gasteiger partial charge in [0.25, 0.3) is 0 Å². The minimum absolute atomic E-state index is 0.0387. The fourth-order valence-electron chi connectivity index (χ4n) is 1.76. The van der Waals surface area contributed by atoms with Crippen LogP contribution in [0.15, 0.2) is 12.3 Å². The van der Waals surface area contributed by atoms with Crippen LogP contribution in [0.4, 0.5) is 0 Å². The summed E-state index contributed by atoms with van der Waals surface area (Å²) >= 11 is 0. The smallest absolute Gasteiger partial charge is 0.393 e. The van der Waals surface area contributed by atoms with Crippen LogP contribution >= 0.6 is 0 Å². The molecule has 4 nitrogen and oxygen atoms in total. The van der Waals surface area contributed by atoms with Gasteiger partial charge in [0, 0.05) is 25.5 Å². The molecule has 0 aromatic carbocycles. The van der Waals surface area contributed by atoms with Gasteiger partial charge in [-0.3, -0.25) is 5.10 Å². The third kappa shape index (κ3) is 1.62. The molecule has 1 rings (SSSR count). The highest BCUT2D eigenvalue weighted by Gasteiger charge is 2.51. The summed E-state index contributed by atoms with van der Waals surface area (Å²) in [5, 5.41) is 7.82. The number of hydrogen-bond acceptors (Lipinski definition) is 3. The number of aromatic amines is 1. The fraction of sp³-hybridized carbons (Fsp3) is 0.667. The molecule has 80 valence electrons. The number of aromatic nitrogens is 2. The Hall–Kier alpha value is -0.653. The lowest BCUT2D eigenvalue weighted by atomic mass is 10.2. The van der Waals surface area contributed by atoms with Crippen molar-refractivity contribution in [1.29, 1.82) is 0 Å². The molecule has 0 aliphatic carbocycles. The van der Waals surface area contributed by atoms with E-state index in [-0.39, 0.29) is 5.04 Å². The number of hydrogen-bond donors (Lipinski definition) is 1. The van der Waals surface area contributed by atoms with Gasteiger partial charge in [0.15, 0.2) is 0 Å². The molecule has 0 saturated carbocycles. The Morgan fingerprint density at radius 2 is 1.86 bits per heavy atom. The van der Waals surface area contributed by atoms with Gasteiger partial charge in [-0.05, 0) is 6.07 Å². The molecule has 14 heavy (non-hydrogen) atoms. The maximum Gasteiger partial charge on any atom is 0.396 e. The molecule has 0 unspecified atom stereocenters. The SMILES string of the molecule is CO[Si](OC)(c1ccn[nH]1)C(C)(C)C. The maximum atomic E-state index is 5.64. The second-order valence-corrected chi connectivity index (χ2v) is 8.33. The van der Waals surface area contributed by atoms with Gasteiger partial charge in [0.05, 0.1) is 5.32 Å². The van der Waals surface area contributed by atoms with Crippen LogP contribution in [0.25, 0.3) is 0 Å². The zero-order valence-electron chi connectivity index (χ0n) is 9.42. The number of rotatable bonds is 3.